The molecule has 8 heteroatoms. The van der Waals surface area contributed by atoms with Gasteiger partial charge in [0.25, 0.3) is 11.6 Å². The van der Waals surface area contributed by atoms with Gasteiger partial charge in [-0.1, -0.05) is 12.1 Å². The average molecular weight is 266 g/mol. The van der Waals surface area contributed by atoms with Crippen LogP contribution in [-0.4, -0.2) is 21.6 Å². The standard InChI is InChI=1S/C11H11FN4O3/c1-2-13-6-10-14-11(19-15-10)7-3-8(12)5-9(4-7)16(17)18/h3-5,13H,2,6H2,1H3. The second-order valence-electron chi connectivity index (χ2n) is 3.75. The second-order valence-corrected chi connectivity index (χ2v) is 3.75. The van der Waals surface area contributed by atoms with Gasteiger partial charge in [-0.05, 0) is 12.6 Å². The van der Waals surface area contributed by atoms with E-state index in [2.05, 4.69) is 15.5 Å². The topological polar surface area (TPSA) is 94.1 Å². The lowest BCUT2D eigenvalue weighted by Gasteiger charge is -1.96. The third-order valence-electron chi connectivity index (χ3n) is 2.34. The van der Waals surface area contributed by atoms with Crippen LogP contribution < -0.4 is 5.32 Å². The molecule has 1 aromatic carbocycles. The number of nitrogens with zero attached hydrogens (tertiary/aromatic N) is 3. The third-order valence-corrected chi connectivity index (χ3v) is 2.34. The lowest BCUT2D eigenvalue weighted by molar-refractivity contribution is -0.385. The van der Waals surface area contributed by atoms with Crippen molar-refractivity contribution in [3.05, 3.63) is 40.0 Å². The van der Waals surface area contributed by atoms with Crippen LogP contribution in [-0.2, 0) is 6.54 Å². The van der Waals surface area contributed by atoms with E-state index >= 15 is 0 Å². The summed E-state index contributed by atoms with van der Waals surface area (Å²) in [6.45, 7) is 3.09. The van der Waals surface area contributed by atoms with Gasteiger partial charge in [0, 0.05) is 11.6 Å². The SMILES string of the molecule is CCNCc1noc(-c2cc(F)cc([N+](=O)[O-])c2)n1. The fraction of sp³-hybridized carbons (Fsp3) is 0.273. The van der Waals surface area contributed by atoms with E-state index in [-0.39, 0.29) is 17.1 Å². The van der Waals surface area contributed by atoms with Gasteiger partial charge in [-0.2, -0.15) is 4.98 Å². The molecule has 0 bridgehead atoms. The number of nitro benzene ring substituents is 1. The highest BCUT2D eigenvalue weighted by molar-refractivity contribution is 5.57. The number of non-ortho nitro benzene ring substituents is 1. The van der Waals surface area contributed by atoms with Crippen LogP contribution in [0.15, 0.2) is 22.7 Å². The molecule has 0 amide bonds. The Bertz CT molecular complexity index is 599. The van der Waals surface area contributed by atoms with E-state index in [1.165, 1.54) is 6.07 Å². The largest absolute Gasteiger partial charge is 0.334 e. The highest BCUT2D eigenvalue weighted by Crippen LogP contribution is 2.24. The van der Waals surface area contributed by atoms with Gasteiger partial charge in [-0.25, -0.2) is 4.39 Å². The average Bonchev–Trinajstić information content (AvgIpc) is 2.84. The number of benzene rings is 1. The molecule has 1 heterocycles. The first kappa shape index (κ1) is 13.1. The number of hydrogen-bond donors (Lipinski definition) is 1. The van der Waals surface area contributed by atoms with Crippen molar-refractivity contribution in [3.8, 4) is 11.5 Å². The van der Waals surface area contributed by atoms with Gasteiger partial charge in [0.05, 0.1) is 17.5 Å². The summed E-state index contributed by atoms with van der Waals surface area (Å²) in [6.07, 6.45) is 0. The predicted octanol–water partition coefficient (Wildman–Crippen LogP) is 1.89. The molecule has 2 aromatic rings. The van der Waals surface area contributed by atoms with Crippen molar-refractivity contribution in [1.82, 2.24) is 15.5 Å². The van der Waals surface area contributed by atoms with E-state index in [0.29, 0.717) is 12.4 Å². The summed E-state index contributed by atoms with van der Waals surface area (Å²) in [4.78, 5) is 14.0. The molecule has 0 saturated heterocycles. The zero-order chi connectivity index (χ0) is 13.8. The van der Waals surface area contributed by atoms with E-state index in [0.717, 1.165) is 18.7 Å². The van der Waals surface area contributed by atoms with Crippen molar-refractivity contribution in [2.75, 3.05) is 6.54 Å². The molecule has 100 valence electrons. The first-order chi connectivity index (χ1) is 9.10. The maximum atomic E-state index is 13.3. The Kier molecular flexibility index (Phi) is 3.81. The number of nitro groups is 1. The Hall–Kier alpha value is -2.35. The van der Waals surface area contributed by atoms with Crippen LogP contribution >= 0.6 is 0 Å². The predicted molar refractivity (Wildman–Crippen MR) is 63.7 cm³/mol. The van der Waals surface area contributed by atoms with Gasteiger partial charge in [-0.15, -0.1) is 0 Å². The normalized spacial score (nSPS) is 10.6. The molecule has 0 aliphatic heterocycles. The molecular formula is C11H11FN4O3. The molecule has 19 heavy (non-hydrogen) atoms. The minimum atomic E-state index is -0.726. The van der Waals surface area contributed by atoms with Crippen LogP contribution in [0, 0.1) is 15.9 Å². The van der Waals surface area contributed by atoms with E-state index in [1.807, 2.05) is 6.92 Å². The van der Waals surface area contributed by atoms with Crippen LogP contribution in [0.25, 0.3) is 11.5 Å². The lowest BCUT2D eigenvalue weighted by Crippen LogP contribution is -2.12. The van der Waals surface area contributed by atoms with Crippen LogP contribution in [0.1, 0.15) is 12.7 Å². The summed E-state index contributed by atoms with van der Waals surface area (Å²) in [5.41, 5.74) is -0.177. The quantitative estimate of drug-likeness (QED) is 0.656. The smallest absolute Gasteiger partial charge is 0.273 e. The molecule has 1 aromatic heterocycles. The molecule has 0 aliphatic rings. The summed E-state index contributed by atoms with van der Waals surface area (Å²) >= 11 is 0. The molecule has 7 nitrogen and oxygen atoms in total. The molecule has 2 rings (SSSR count). The van der Waals surface area contributed by atoms with Gasteiger partial charge >= 0.3 is 0 Å². The number of nitrogens with one attached hydrogen (secondary N) is 1. The van der Waals surface area contributed by atoms with Crippen molar-refractivity contribution in [1.29, 1.82) is 0 Å². The number of halogens is 1. The van der Waals surface area contributed by atoms with Crippen molar-refractivity contribution in [2.45, 2.75) is 13.5 Å². The van der Waals surface area contributed by atoms with Crippen molar-refractivity contribution >= 4 is 5.69 Å². The minimum absolute atomic E-state index is 0.0514. The maximum Gasteiger partial charge on any atom is 0.273 e. The van der Waals surface area contributed by atoms with Crippen molar-refractivity contribution in [2.24, 2.45) is 0 Å². The van der Waals surface area contributed by atoms with Crippen LogP contribution in [0.3, 0.4) is 0 Å². The molecule has 0 unspecified atom stereocenters. The Morgan fingerprint density at radius 1 is 1.47 bits per heavy atom. The second kappa shape index (κ2) is 5.53. The summed E-state index contributed by atoms with van der Waals surface area (Å²) in [7, 11) is 0. The fourth-order valence-electron chi connectivity index (χ4n) is 1.48. The number of aromatic nitrogens is 2. The Labute approximate surface area is 107 Å². The molecule has 0 spiro atoms. The number of rotatable bonds is 5. The minimum Gasteiger partial charge on any atom is -0.334 e. The van der Waals surface area contributed by atoms with Crippen molar-refractivity contribution in [3.63, 3.8) is 0 Å². The molecule has 0 aliphatic carbocycles. The van der Waals surface area contributed by atoms with Crippen LogP contribution in [0.4, 0.5) is 10.1 Å². The first-order valence-corrected chi connectivity index (χ1v) is 5.59. The van der Waals surface area contributed by atoms with Gasteiger partial charge in [-0.3, -0.25) is 10.1 Å². The lowest BCUT2D eigenvalue weighted by atomic mass is 10.2. The molecule has 1 N–H and O–H groups in total. The van der Waals surface area contributed by atoms with E-state index < -0.39 is 10.7 Å². The van der Waals surface area contributed by atoms with Gasteiger partial charge in [0.1, 0.15) is 5.82 Å². The maximum absolute atomic E-state index is 13.3. The summed E-state index contributed by atoms with van der Waals surface area (Å²) in [6, 6.07) is 3.13. The monoisotopic (exact) mass is 266 g/mol. The van der Waals surface area contributed by atoms with E-state index in [9.17, 15) is 14.5 Å². The zero-order valence-electron chi connectivity index (χ0n) is 10.1. The molecule has 0 fully saturated rings. The Morgan fingerprint density at radius 3 is 2.95 bits per heavy atom. The third kappa shape index (κ3) is 3.10. The zero-order valence-corrected chi connectivity index (χ0v) is 10.1. The number of hydrogen-bond acceptors (Lipinski definition) is 6. The van der Waals surface area contributed by atoms with E-state index in [1.54, 1.807) is 0 Å². The first-order valence-electron chi connectivity index (χ1n) is 5.59. The molecule has 0 radical (unpaired) electrons. The Balaban J connectivity index is 2.30. The van der Waals surface area contributed by atoms with Crippen LogP contribution in [0.5, 0.6) is 0 Å². The highest BCUT2D eigenvalue weighted by Gasteiger charge is 2.15. The van der Waals surface area contributed by atoms with E-state index in [4.69, 9.17) is 4.52 Å². The highest BCUT2D eigenvalue weighted by atomic mass is 19.1. The fourth-order valence-corrected chi connectivity index (χ4v) is 1.48. The molecule has 0 saturated carbocycles. The summed E-state index contributed by atoms with van der Waals surface area (Å²) in [5.74, 6) is -0.269. The van der Waals surface area contributed by atoms with Gasteiger partial charge < -0.3 is 9.84 Å². The van der Waals surface area contributed by atoms with Gasteiger partial charge in [0.2, 0.25) is 0 Å². The van der Waals surface area contributed by atoms with Crippen LogP contribution in [0.2, 0.25) is 0 Å². The van der Waals surface area contributed by atoms with Gasteiger partial charge in [0.15, 0.2) is 5.82 Å². The molecule has 0 atom stereocenters. The molecular weight excluding hydrogens is 255 g/mol. The summed E-state index contributed by atoms with van der Waals surface area (Å²) < 4.78 is 18.2. The van der Waals surface area contributed by atoms with Crippen molar-refractivity contribution < 1.29 is 13.8 Å². The summed E-state index contributed by atoms with van der Waals surface area (Å²) in [5, 5.41) is 17.3. The Morgan fingerprint density at radius 2 is 2.26 bits per heavy atom.